The van der Waals surface area contributed by atoms with Gasteiger partial charge in [0, 0.05) is 49.9 Å². The van der Waals surface area contributed by atoms with E-state index in [2.05, 4.69) is 38.0 Å². The monoisotopic (exact) mass is 367 g/mol. The number of anilines is 1. The minimum Gasteiger partial charge on any atom is -0.375 e. The Morgan fingerprint density at radius 2 is 2.08 bits per heavy atom. The summed E-state index contributed by atoms with van der Waals surface area (Å²) in [5.74, 6) is 0. The van der Waals surface area contributed by atoms with Crippen molar-refractivity contribution in [3.05, 3.63) is 46.3 Å². The van der Waals surface area contributed by atoms with Gasteiger partial charge in [0.2, 0.25) is 0 Å². The summed E-state index contributed by atoms with van der Waals surface area (Å²) in [6.45, 7) is 6.70. The van der Waals surface area contributed by atoms with E-state index in [1.165, 1.54) is 21.3 Å². The first-order valence-corrected chi connectivity index (χ1v) is 9.89. The van der Waals surface area contributed by atoms with E-state index in [0.29, 0.717) is 0 Å². The summed E-state index contributed by atoms with van der Waals surface area (Å²) in [6, 6.07) is 6.45. The van der Waals surface area contributed by atoms with Crippen molar-refractivity contribution in [2.75, 3.05) is 37.7 Å². The number of thiazole rings is 1. The molecular formula is C19H21N5OS. The molecule has 5 rings (SSSR count). The molecule has 0 saturated carbocycles. The number of benzene rings is 1. The third-order valence-electron chi connectivity index (χ3n) is 5.12. The summed E-state index contributed by atoms with van der Waals surface area (Å²) in [6.07, 6.45) is 4.45. The number of nitrogens with zero attached hydrogens (tertiary/aromatic N) is 5. The Morgan fingerprint density at radius 1 is 1.15 bits per heavy atom. The highest BCUT2D eigenvalue weighted by atomic mass is 32.1. The van der Waals surface area contributed by atoms with Crippen molar-refractivity contribution in [2.24, 2.45) is 0 Å². The molecule has 3 aromatic rings. The predicted molar refractivity (Wildman–Crippen MR) is 103 cm³/mol. The molecule has 2 aliphatic rings. The Bertz CT molecular complexity index is 896. The number of rotatable bonds is 3. The van der Waals surface area contributed by atoms with Crippen LogP contribution in [0.3, 0.4) is 0 Å². The molecule has 1 fully saturated rings. The number of piperazine rings is 1. The highest BCUT2D eigenvalue weighted by Crippen LogP contribution is 2.26. The molecule has 1 aromatic carbocycles. The Hall–Kier alpha value is -2.09. The number of aromatic nitrogens is 3. The van der Waals surface area contributed by atoms with Crippen LogP contribution in [-0.4, -0.2) is 52.6 Å². The van der Waals surface area contributed by atoms with Gasteiger partial charge < -0.3 is 9.64 Å². The molecule has 0 amide bonds. The molecule has 7 heteroatoms. The second-order valence-electron chi connectivity index (χ2n) is 6.81. The largest absolute Gasteiger partial charge is 0.375 e. The van der Waals surface area contributed by atoms with Gasteiger partial charge in [-0.25, -0.2) is 15.0 Å². The van der Waals surface area contributed by atoms with E-state index < -0.39 is 0 Å². The average Bonchev–Trinajstić information content (AvgIpc) is 3.10. The van der Waals surface area contributed by atoms with Crippen LogP contribution in [0.5, 0.6) is 0 Å². The van der Waals surface area contributed by atoms with Gasteiger partial charge in [0.15, 0.2) is 0 Å². The van der Waals surface area contributed by atoms with Gasteiger partial charge in [-0.2, -0.15) is 0 Å². The normalized spacial score (nSPS) is 18.2. The lowest BCUT2D eigenvalue weighted by atomic mass is 10.2. The molecule has 2 aliphatic heterocycles. The van der Waals surface area contributed by atoms with E-state index in [9.17, 15) is 0 Å². The van der Waals surface area contributed by atoms with E-state index in [1.54, 1.807) is 6.33 Å². The third-order valence-corrected chi connectivity index (χ3v) is 6.18. The lowest BCUT2D eigenvalue weighted by Gasteiger charge is -2.35. The van der Waals surface area contributed by atoms with Gasteiger partial charge >= 0.3 is 0 Å². The van der Waals surface area contributed by atoms with E-state index in [4.69, 9.17) is 9.72 Å². The molecular weight excluding hydrogens is 346 g/mol. The molecule has 0 unspecified atom stereocenters. The predicted octanol–water partition coefficient (Wildman–Crippen LogP) is 2.48. The first-order chi connectivity index (χ1) is 12.8. The van der Waals surface area contributed by atoms with Crippen LogP contribution in [0, 0.1) is 0 Å². The maximum Gasteiger partial charge on any atom is 0.116 e. The molecule has 0 radical (unpaired) electrons. The quantitative estimate of drug-likeness (QED) is 0.709. The first-order valence-electron chi connectivity index (χ1n) is 9.07. The Balaban J connectivity index is 1.23. The molecule has 0 spiro atoms. The zero-order valence-corrected chi connectivity index (χ0v) is 15.4. The van der Waals surface area contributed by atoms with Crippen LogP contribution in [0.4, 0.5) is 5.69 Å². The Labute approximate surface area is 156 Å². The van der Waals surface area contributed by atoms with Gasteiger partial charge in [-0.1, -0.05) is 0 Å². The molecule has 1 saturated heterocycles. The van der Waals surface area contributed by atoms with Gasteiger partial charge in [0.05, 0.1) is 35.8 Å². The summed E-state index contributed by atoms with van der Waals surface area (Å²) < 4.78 is 5.53. The number of hydrogen-bond acceptors (Lipinski definition) is 7. The Morgan fingerprint density at radius 3 is 2.96 bits per heavy atom. The zero-order valence-electron chi connectivity index (χ0n) is 14.6. The standard InChI is InChI=1S/C19H21N5OS/c1-2-16-14(10-20-13-21-16)9-15(1)24-6-4-23(5-7-24)11-19-22-17-3-8-25-12-18(17)26-19/h1-2,9-10,13H,3-8,11-12H2. The lowest BCUT2D eigenvalue weighted by Crippen LogP contribution is -2.45. The smallest absolute Gasteiger partial charge is 0.116 e. The molecule has 26 heavy (non-hydrogen) atoms. The van der Waals surface area contributed by atoms with E-state index >= 15 is 0 Å². The summed E-state index contributed by atoms with van der Waals surface area (Å²) >= 11 is 1.82. The minimum absolute atomic E-state index is 0.743. The second-order valence-corrected chi connectivity index (χ2v) is 7.98. The van der Waals surface area contributed by atoms with Crippen molar-refractivity contribution < 1.29 is 4.74 Å². The fourth-order valence-electron chi connectivity index (χ4n) is 3.67. The van der Waals surface area contributed by atoms with Gasteiger partial charge in [-0.05, 0) is 18.2 Å². The van der Waals surface area contributed by atoms with Gasteiger partial charge in [0.25, 0.3) is 0 Å². The van der Waals surface area contributed by atoms with Crippen LogP contribution >= 0.6 is 11.3 Å². The first kappa shape index (κ1) is 16.1. The average molecular weight is 367 g/mol. The van der Waals surface area contributed by atoms with Crippen LogP contribution in [0.25, 0.3) is 10.9 Å². The molecule has 4 heterocycles. The molecule has 0 aliphatic carbocycles. The highest BCUT2D eigenvalue weighted by molar-refractivity contribution is 7.11. The van der Waals surface area contributed by atoms with Crippen LogP contribution in [0.15, 0.2) is 30.7 Å². The lowest BCUT2D eigenvalue weighted by molar-refractivity contribution is 0.112. The maximum atomic E-state index is 5.53. The summed E-state index contributed by atoms with van der Waals surface area (Å²) in [5, 5.41) is 2.33. The maximum absolute atomic E-state index is 5.53. The SMILES string of the molecule is c1ncc2cc(N3CCN(Cc4nc5c(s4)COCC5)CC3)ccc2n1. The van der Waals surface area contributed by atoms with E-state index in [-0.39, 0.29) is 0 Å². The van der Waals surface area contributed by atoms with Crippen molar-refractivity contribution in [3.63, 3.8) is 0 Å². The molecule has 0 atom stereocenters. The molecule has 134 valence electrons. The number of ether oxygens (including phenoxy) is 1. The zero-order chi connectivity index (χ0) is 17.3. The van der Waals surface area contributed by atoms with Crippen molar-refractivity contribution in [3.8, 4) is 0 Å². The molecule has 2 aromatic heterocycles. The van der Waals surface area contributed by atoms with Crippen molar-refractivity contribution in [1.82, 2.24) is 19.9 Å². The second kappa shape index (κ2) is 6.90. The fraction of sp³-hybridized carbons (Fsp3) is 0.421. The fourth-order valence-corrected chi connectivity index (χ4v) is 4.77. The summed E-state index contributed by atoms with van der Waals surface area (Å²) in [4.78, 5) is 19.5. The van der Waals surface area contributed by atoms with Crippen LogP contribution in [0.2, 0.25) is 0 Å². The molecule has 6 nitrogen and oxygen atoms in total. The third kappa shape index (κ3) is 3.18. The van der Waals surface area contributed by atoms with Gasteiger partial charge in [0.1, 0.15) is 11.3 Å². The van der Waals surface area contributed by atoms with E-state index in [1.807, 2.05) is 17.5 Å². The Kier molecular flexibility index (Phi) is 4.28. The summed E-state index contributed by atoms with van der Waals surface area (Å²) in [5.41, 5.74) is 3.51. The van der Waals surface area contributed by atoms with Crippen LogP contribution in [-0.2, 0) is 24.3 Å². The van der Waals surface area contributed by atoms with Crippen molar-refractivity contribution in [1.29, 1.82) is 0 Å². The number of fused-ring (bicyclic) bond motifs is 2. The van der Waals surface area contributed by atoms with Crippen LogP contribution in [0.1, 0.15) is 15.6 Å². The molecule has 0 bridgehead atoms. The molecule has 0 N–H and O–H groups in total. The summed E-state index contributed by atoms with van der Waals surface area (Å²) in [7, 11) is 0. The van der Waals surface area contributed by atoms with Crippen LogP contribution < -0.4 is 4.90 Å². The van der Waals surface area contributed by atoms with Gasteiger partial charge in [-0.15, -0.1) is 11.3 Å². The minimum atomic E-state index is 0.743. The topological polar surface area (TPSA) is 54.4 Å². The van der Waals surface area contributed by atoms with Gasteiger partial charge in [-0.3, -0.25) is 4.90 Å². The van der Waals surface area contributed by atoms with Crippen molar-refractivity contribution >= 4 is 27.9 Å². The number of hydrogen-bond donors (Lipinski definition) is 0. The van der Waals surface area contributed by atoms with E-state index in [0.717, 1.165) is 63.3 Å². The highest BCUT2D eigenvalue weighted by Gasteiger charge is 2.21. The van der Waals surface area contributed by atoms with Crippen molar-refractivity contribution in [2.45, 2.75) is 19.6 Å².